The van der Waals surface area contributed by atoms with Gasteiger partial charge in [-0.3, -0.25) is 9.59 Å². The molecule has 1 heterocycles. The van der Waals surface area contributed by atoms with Crippen molar-refractivity contribution in [1.29, 1.82) is 0 Å². The van der Waals surface area contributed by atoms with Crippen LogP contribution in [0.15, 0.2) is 48.7 Å². The molecule has 0 bridgehead atoms. The van der Waals surface area contributed by atoms with E-state index in [1.165, 1.54) is 11.1 Å². The van der Waals surface area contributed by atoms with E-state index >= 15 is 0 Å². The number of aromatic nitrogens is 1. The van der Waals surface area contributed by atoms with Crippen molar-refractivity contribution in [2.75, 3.05) is 14.1 Å². The summed E-state index contributed by atoms with van der Waals surface area (Å²) in [5.74, 6) is 0.279. The van der Waals surface area contributed by atoms with Gasteiger partial charge in [0.1, 0.15) is 12.1 Å². The number of benzene rings is 1. The largest absolute Gasteiger partial charge is 0.470 e. The minimum atomic E-state index is -0.559. The monoisotopic (exact) mass is 383 g/mol. The molecule has 0 aliphatic carbocycles. The van der Waals surface area contributed by atoms with E-state index in [0.717, 1.165) is 5.56 Å². The highest BCUT2D eigenvalue weighted by molar-refractivity contribution is 5.97. The van der Waals surface area contributed by atoms with Crippen LogP contribution in [0.1, 0.15) is 49.2 Å². The maximum absolute atomic E-state index is 12.6. The van der Waals surface area contributed by atoms with E-state index in [9.17, 15) is 9.59 Å². The molecule has 0 radical (unpaired) electrons. The Bertz CT molecular complexity index is 773. The molecule has 6 heteroatoms. The van der Waals surface area contributed by atoms with Crippen molar-refractivity contribution in [2.45, 2.75) is 39.3 Å². The summed E-state index contributed by atoms with van der Waals surface area (Å²) in [5, 5.41) is 2.82. The maximum Gasteiger partial charge on any atom is 0.253 e. The van der Waals surface area contributed by atoms with Crippen molar-refractivity contribution in [1.82, 2.24) is 15.2 Å². The molecule has 0 saturated carbocycles. The van der Waals surface area contributed by atoms with Crippen LogP contribution < -0.4 is 10.1 Å². The van der Waals surface area contributed by atoms with Crippen molar-refractivity contribution in [3.8, 4) is 5.88 Å². The first-order valence-corrected chi connectivity index (χ1v) is 9.47. The van der Waals surface area contributed by atoms with Crippen LogP contribution >= 0.6 is 0 Å². The lowest BCUT2D eigenvalue weighted by Crippen LogP contribution is -2.46. The SMILES string of the molecule is CC(C)C[C@@H](NC(=O)c1ccc(O[C@H](C)c2ccccc2)nc1)C(=O)N(C)C. The number of hydrogen-bond donors (Lipinski definition) is 1. The molecule has 28 heavy (non-hydrogen) atoms. The zero-order valence-electron chi connectivity index (χ0n) is 17.2. The van der Waals surface area contributed by atoms with Crippen molar-refractivity contribution in [2.24, 2.45) is 5.92 Å². The fourth-order valence-corrected chi connectivity index (χ4v) is 2.80. The highest BCUT2D eigenvalue weighted by Gasteiger charge is 2.24. The number of ether oxygens (including phenoxy) is 1. The van der Waals surface area contributed by atoms with Crippen LogP contribution in [0.25, 0.3) is 0 Å². The first-order valence-electron chi connectivity index (χ1n) is 9.47. The van der Waals surface area contributed by atoms with E-state index in [1.807, 2.05) is 51.1 Å². The Morgan fingerprint density at radius 2 is 1.75 bits per heavy atom. The summed E-state index contributed by atoms with van der Waals surface area (Å²) in [6.45, 7) is 5.98. The van der Waals surface area contributed by atoms with E-state index < -0.39 is 6.04 Å². The molecule has 0 saturated heterocycles. The van der Waals surface area contributed by atoms with Gasteiger partial charge in [-0.2, -0.15) is 0 Å². The van der Waals surface area contributed by atoms with Gasteiger partial charge < -0.3 is 15.0 Å². The van der Waals surface area contributed by atoms with Gasteiger partial charge in [0.2, 0.25) is 11.8 Å². The Morgan fingerprint density at radius 3 is 2.29 bits per heavy atom. The third-order valence-corrected chi connectivity index (χ3v) is 4.32. The smallest absolute Gasteiger partial charge is 0.253 e. The average molecular weight is 383 g/mol. The third kappa shape index (κ3) is 6.08. The Kier molecular flexibility index (Phi) is 7.55. The van der Waals surface area contributed by atoms with E-state index in [-0.39, 0.29) is 23.8 Å². The van der Waals surface area contributed by atoms with Crippen LogP contribution in [-0.2, 0) is 4.79 Å². The fraction of sp³-hybridized carbons (Fsp3) is 0.409. The lowest BCUT2D eigenvalue weighted by molar-refractivity contribution is -0.131. The Labute approximate surface area is 166 Å². The van der Waals surface area contributed by atoms with Crippen LogP contribution in [0, 0.1) is 5.92 Å². The predicted molar refractivity (Wildman–Crippen MR) is 109 cm³/mol. The third-order valence-electron chi connectivity index (χ3n) is 4.32. The second-order valence-electron chi connectivity index (χ2n) is 7.44. The van der Waals surface area contributed by atoms with Crippen LogP contribution in [0.4, 0.5) is 0 Å². The van der Waals surface area contributed by atoms with Crippen LogP contribution in [0.5, 0.6) is 5.88 Å². The van der Waals surface area contributed by atoms with Gasteiger partial charge >= 0.3 is 0 Å². The number of likely N-dealkylation sites (N-methyl/N-ethyl adjacent to an activating group) is 1. The Hall–Kier alpha value is -2.89. The summed E-state index contributed by atoms with van der Waals surface area (Å²) in [6.07, 6.45) is 1.89. The number of nitrogens with zero attached hydrogens (tertiary/aromatic N) is 2. The van der Waals surface area contributed by atoms with Crippen molar-refractivity contribution < 1.29 is 14.3 Å². The predicted octanol–water partition coefficient (Wildman–Crippen LogP) is 3.45. The van der Waals surface area contributed by atoms with Gasteiger partial charge in [0.05, 0.1) is 5.56 Å². The van der Waals surface area contributed by atoms with E-state index in [2.05, 4.69) is 10.3 Å². The molecule has 0 aliphatic rings. The highest BCUT2D eigenvalue weighted by atomic mass is 16.5. The minimum absolute atomic E-state index is 0.119. The number of rotatable bonds is 8. The number of hydrogen-bond acceptors (Lipinski definition) is 4. The number of carbonyl (C=O) groups is 2. The van der Waals surface area contributed by atoms with Crippen LogP contribution in [0.2, 0.25) is 0 Å². The molecule has 150 valence electrons. The molecule has 2 amide bonds. The molecule has 2 rings (SSSR count). The molecule has 2 atom stereocenters. The van der Waals surface area contributed by atoms with E-state index in [4.69, 9.17) is 4.74 Å². The lowest BCUT2D eigenvalue weighted by Gasteiger charge is -2.23. The molecule has 0 fully saturated rings. The Balaban J connectivity index is 2.03. The van der Waals surface area contributed by atoms with Gasteiger partial charge in [-0.1, -0.05) is 44.2 Å². The van der Waals surface area contributed by atoms with Gasteiger partial charge in [-0.25, -0.2) is 4.98 Å². The number of carbonyl (C=O) groups excluding carboxylic acids is 2. The van der Waals surface area contributed by atoms with Crippen LogP contribution in [0.3, 0.4) is 0 Å². The van der Waals surface area contributed by atoms with Gasteiger partial charge in [-0.05, 0) is 30.9 Å². The van der Waals surface area contributed by atoms with Gasteiger partial charge in [-0.15, -0.1) is 0 Å². The fourth-order valence-electron chi connectivity index (χ4n) is 2.80. The molecule has 0 aliphatic heterocycles. The highest BCUT2D eigenvalue weighted by Crippen LogP contribution is 2.20. The van der Waals surface area contributed by atoms with Crippen molar-refractivity contribution in [3.05, 3.63) is 59.8 Å². The second-order valence-corrected chi connectivity index (χ2v) is 7.44. The zero-order valence-corrected chi connectivity index (χ0v) is 17.2. The number of pyridine rings is 1. The maximum atomic E-state index is 12.6. The van der Waals surface area contributed by atoms with Crippen molar-refractivity contribution in [3.63, 3.8) is 0 Å². The molecule has 6 nitrogen and oxygen atoms in total. The van der Waals surface area contributed by atoms with E-state index in [0.29, 0.717) is 17.9 Å². The normalized spacial score (nSPS) is 12.9. The van der Waals surface area contributed by atoms with Gasteiger partial charge in [0.15, 0.2) is 0 Å². The summed E-state index contributed by atoms with van der Waals surface area (Å²) in [5.41, 5.74) is 1.44. The number of nitrogens with one attached hydrogen (secondary N) is 1. The Morgan fingerprint density at radius 1 is 1.07 bits per heavy atom. The van der Waals surface area contributed by atoms with E-state index in [1.54, 1.807) is 26.2 Å². The first-order chi connectivity index (χ1) is 13.3. The molecule has 1 aromatic carbocycles. The lowest BCUT2D eigenvalue weighted by atomic mass is 10.0. The summed E-state index contributed by atoms with van der Waals surface area (Å²) >= 11 is 0. The molecule has 0 unspecified atom stereocenters. The summed E-state index contributed by atoms with van der Waals surface area (Å²) in [6, 6.07) is 12.6. The summed E-state index contributed by atoms with van der Waals surface area (Å²) in [4.78, 5) is 30.6. The summed E-state index contributed by atoms with van der Waals surface area (Å²) < 4.78 is 5.83. The number of amides is 2. The molecule has 1 N–H and O–H groups in total. The molecule has 0 spiro atoms. The van der Waals surface area contributed by atoms with Crippen molar-refractivity contribution >= 4 is 11.8 Å². The summed E-state index contributed by atoms with van der Waals surface area (Å²) in [7, 11) is 3.37. The molecular formula is C22H29N3O3. The molecular weight excluding hydrogens is 354 g/mol. The topological polar surface area (TPSA) is 71.5 Å². The van der Waals surface area contributed by atoms with Gasteiger partial charge in [0.25, 0.3) is 5.91 Å². The van der Waals surface area contributed by atoms with Gasteiger partial charge in [0, 0.05) is 26.4 Å². The quantitative estimate of drug-likeness (QED) is 0.758. The molecule has 1 aromatic heterocycles. The standard InChI is InChI=1S/C22H29N3O3/c1-15(2)13-19(22(27)25(4)5)24-21(26)18-11-12-20(23-14-18)28-16(3)17-9-7-6-8-10-17/h6-12,14-16,19H,13H2,1-5H3,(H,24,26)/t16-,19-/m1/s1. The first kappa shape index (κ1) is 21.4. The van der Waals surface area contributed by atoms with Crippen LogP contribution in [-0.4, -0.2) is 41.8 Å². The average Bonchev–Trinajstić information content (AvgIpc) is 2.67. The molecule has 2 aromatic rings. The zero-order chi connectivity index (χ0) is 20.7. The second kappa shape index (κ2) is 9.88. The minimum Gasteiger partial charge on any atom is -0.470 e.